The van der Waals surface area contributed by atoms with Crippen molar-refractivity contribution in [3.05, 3.63) is 71.7 Å². The van der Waals surface area contributed by atoms with Crippen LogP contribution < -0.4 is 0 Å². The number of hydrogen-bond donors (Lipinski definition) is 0. The van der Waals surface area contributed by atoms with Crippen molar-refractivity contribution in [1.82, 2.24) is 9.97 Å². The second kappa shape index (κ2) is 7.67. The van der Waals surface area contributed by atoms with E-state index in [-0.39, 0.29) is 5.41 Å². The minimum Gasteiger partial charge on any atom is -0.460 e. The maximum atomic E-state index is 6.51. The topological polar surface area (TPSA) is 52.1 Å². The summed E-state index contributed by atoms with van der Waals surface area (Å²) in [6.45, 7) is 13.3. The molecule has 0 fully saturated rings. The van der Waals surface area contributed by atoms with Gasteiger partial charge in [0.05, 0.1) is 16.5 Å². The van der Waals surface area contributed by atoms with Crippen LogP contribution in [-0.2, 0) is 11.8 Å². The van der Waals surface area contributed by atoms with Crippen molar-refractivity contribution < 1.29 is 8.83 Å². The molecular formula is C31H30N2O2. The molecule has 0 saturated carbocycles. The lowest BCUT2D eigenvalue weighted by atomic mass is 9.82. The minimum absolute atomic E-state index is 0.0165. The lowest BCUT2D eigenvalue weighted by Crippen LogP contribution is -2.12. The van der Waals surface area contributed by atoms with Crippen molar-refractivity contribution in [3.63, 3.8) is 0 Å². The van der Waals surface area contributed by atoms with Gasteiger partial charge in [0.1, 0.15) is 23.3 Å². The molecule has 0 unspecified atom stereocenters. The van der Waals surface area contributed by atoms with Crippen LogP contribution in [0.15, 0.2) is 63.7 Å². The summed E-state index contributed by atoms with van der Waals surface area (Å²) in [6, 6.07) is 17.2. The SMILES string of the molecule is Cc1c(CC(C)C)oc2c1ccc1oc3ncnc(-c4cc(C(C)(C)C)c5ccccc5c4)c3c12. The Hall–Kier alpha value is -3.66. The number of aromatic nitrogens is 2. The highest BCUT2D eigenvalue weighted by atomic mass is 16.4. The maximum absolute atomic E-state index is 6.51. The molecule has 0 aliphatic carbocycles. The molecule has 0 N–H and O–H groups in total. The highest BCUT2D eigenvalue weighted by molar-refractivity contribution is 6.20. The number of hydrogen-bond acceptors (Lipinski definition) is 4. The third-order valence-corrected chi connectivity index (χ3v) is 6.97. The summed E-state index contributed by atoms with van der Waals surface area (Å²) in [7, 11) is 0. The number of aryl methyl sites for hydroxylation is 1. The Morgan fingerprint density at radius 1 is 0.886 bits per heavy atom. The summed E-state index contributed by atoms with van der Waals surface area (Å²) >= 11 is 0. The van der Waals surface area contributed by atoms with E-state index >= 15 is 0 Å². The minimum atomic E-state index is -0.0165. The Bertz CT molecular complexity index is 1750. The van der Waals surface area contributed by atoms with E-state index < -0.39 is 0 Å². The van der Waals surface area contributed by atoms with E-state index in [0.29, 0.717) is 11.6 Å². The lowest BCUT2D eigenvalue weighted by molar-refractivity contribution is 0.498. The van der Waals surface area contributed by atoms with Crippen molar-refractivity contribution in [3.8, 4) is 11.3 Å². The number of fused-ring (bicyclic) bond motifs is 6. The molecule has 0 atom stereocenters. The fourth-order valence-electron chi connectivity index (χ4n) is 5.27. The smallest absolute Gasteiger partial charge is 0.231 e. The molecule has 35 heavy (non-hydrogen) atoms. The Morgan fingerprint density at radius 2 is 1.69 bits per heavy atom. The van der Waals surface area contributed by atoms with Gasteiger partial charge in [-0.2, -0.15) is 0 Å². The lowest BCUT2D eigenvalue weighted by Gasteiger charge is -2.22. The molecule has 6 rings (SSSR count). The summed E-state index contributed by atoms with van der Waals surface area (Å²) in [5.41, 5.74) is 6.63. The Kier molecular flexibility index (Phi) is 4.79. The number of benzene rings is 3. The molecule has 3 aromatic carbocycles. The monoisotopic (exact) mass is 462 g/mol. The van der Waals surface area contributed by atoms with Gasteiger partial charge in [-0.3, -0.25) is 0 Å². The molecule has 4 nitrogen and oxygen atoms in total. The first-order chi connectivity index (χ1) is 16.7. The van der Waals surface area contributed by atoms with Crippen molar-refractivity contribution in [2.75, 3.05) is 0 Å². The van der Waals surface area contributed by atoms with Gasteiger partial charge >= 0.3 is 0 Å². The molecule has 0 bridgehead atoms. The van der Waals surface area contributed by atoms with Gasteiger partial charge in [-0.25, -0.2) is 9.97 Å². The second-order valence-electron chi connectivity index (χ2n) is 11.1. The number of rotatable bonds is 3. The summed E-state index contributed by atoms with van der Waals surface area (Å²) in [4.78, 5) is 9.30. The van der Waals surface area contributed by atoms with Gasteiger partial charge in [-0.1, -0.05) is 58.9 Å². The molecule has 0 amide bonds. The third-order valence-electron chi connectivity index (χ3n) is 6.97. The van der Waals surface area contributed by atoms with E-state index in [0.717, 1.165) is 50.8 Å². The van der Waals surface area contributed by atoms with Crippen molar-refractivity contribution in [1.29, 1.82) is 0 Å². The highest BCUT2D eigenvalue weighted by Gasteiger charge is 2.24. The van der Waals surface area contributed by atoms with E-state index in [9.17, 15) is 0 Å². The normalized spacial score (nSPS) is 12.7. The van der Waals surface area contributed by atoms with E-state index in [1.165, 1.54) is 21.9 Å². The van der Waals surface area contributed by atoms with Crippen LogP contribution in [0.4, 0.5) is 0 Å². The molecular weight excluding hydrogens is 432 g/mol. The van der Waals surface area contributed by atoms with Crippen LogP contribution in [0.2, 0.25) is 0 Å². The van der Waals surface area contributed by atoms with Crippen LogP contribution in [0, 0.1) is 12.8 Å². The molecule has 0 spiro atoms. The first-order valence-electron chi connectivity index (χ1n) is 12.3. The van der Waals surface area contributed by atoms with Gasteiger partial charge in [-0.15, -0.1) is 0 Å². The van der Waals surface area contributed by atoms with Crippen LogP contribution in [0.3, 0.4) is 0 Å². The first kappa shape index (κ1) is 21.8. The standard InChI is InChI=1S/C31H30N2O2/c1-17(2)13-25-18(3)21-11-12-24-26(29(21)34-25)27-28(32-16-33-30(27)35-24)20-14-19-9-7-8-10-22(19)23(15-20)31(4,5)6/h7-12,14-17H,13H2,1-6H3. The van der Waals surface area contributed by atoms with E-state index in [2.05, 4.69) is 89.0 Å². The Labute approximate surface area is 205 Å². The quantitative estimate of drug-likeness (QED) is 0.264. The average Bonchev–Trinajstić information content (AvgIpc) is 3.34. The second-order valence-corrected chi connectivity index (χ2v) is 11.1. The zero-order valence-electron chi connectivity index (χ0n) is 21.2. The fourth-order valence-corrected chi connectivity index (χ4v) is 5.27. The van der Waals surface area contributed by atoms with E-state index in [4.69, 9.17) is 13.8 Å². The van der Waals surface area contributed by atoms with Crippen LogP contribution in [0.25, 0.3) is 55.1 Å². The zero-order chi connectivity index (χ0) is 24.5. The van der Waals surface area contributed by atoms with E-state index in [1.807, 2.05) is 6.07 Å². The van der Waals surface area contributed by atoms with Gasteiger partial charge in [0.15, 0.2) is 0 Å². The predicted molar refractivity (Wildman–Crippen MR) is 144 cm³/mol. The van der Waals surface area contributed by atoms with Gasteiger partial charge < -0.3 is 8.83 Å². The molecule has 3 heterocycles. The van der Waals surface area contributed by atoms with Gasteiger partial charge in [-0.05, 0) is 64.4 Å². The van der Waals surface area contributed by atoms with Crippen LogP contribution in [0.1, 0.15) is 51.5 Å². The zero-order valence-corrected chi connectivity index (χ0v) is 21.2. The molecule has 0 aliphatic heterocycles. The molecule has 176 valence electrons. The van der Waals surface area contributed by atoms with Crippen LogP contribution >= 0.6 is 0 Å². The van der Waals surface area contributed by atoms with Crippen LogP contribution in [-0.4, -0.2) is 9.97 Å². The molecule has 6 aromatic rings. The summed E-state index contributed by atoms with van der Waals surface area (Å²) in [6.07, 6.45) is 2.50. The summed E-state index contributed by atoms with van der Waals surface area (Å²) < 4.78 is 12.7. The maximum Gasteiger partial charge on any atom is 0.231 e. The number of nitrogens with zero attached hydrogens (tertiary/aromatic N) is 2. The van der Waals surface area contributed by atoms with Crippen molar-refractivity contribution >= 4 is 43.8 Å². The Morgan fingerprint density at radius 3 is 2.46 bits per heavy atom. The largest absolute Gasteiger partial charge is 0.460 e. The first-order valence-corrected chi connectivity index (χ1v) is 12.3. The van der Waals surface area contributed by atoms with Crippen LogP contribution in [0.5, 0.6) is 0 Å². The molecule has 0 radical (unpaired) electrons. The summed E-state index contributed by atoms with van der Waals surface area (Å²) in [5, 5.41) is 5.46. The van der Waals surface area contributed by atoms with E-state index in [1.54, 1.807) is 6.33 Å². The van der Waals surface area contributed by atoms with Gasteiger partial charge in [0.2, 0.25) is 5.71 Å². The van der Waals surface area contributed by atoms with Gasteiger partial charge in [0, 0.05) is 17.4 Å². The predicted octanol–water partition coefficient (Wildman–Crippen LogP) is 8.75. The van der Waals surface area contributed by atoms with Crippen molar-refractivity contribution in [2.45, 2.75) is 53.4 Å². The van der Waals surface area contributed by atoms with Gasteiger partial charge in [0.25, 0.3) is 0 Å². The number of furan rings is 2. The molecule has 0 saturated heterocycles. The molecule has 3 aromatic heterocycles. The average molecular weight is 463 g/mol. The molecule has 0 aliphatic rings. The summed E-state index contributed by atoms with van der Waals surface area (Å²) in [5.74, 6) is 1.55. The highest BCUT2D eigenvalue weighted by Crippen LogP contribution is 2.42. The molecule has 4 heteroatoms. The third kappa shape index (κ3) is 3.43. The van der Waals surface area contributed by atoms with Crippen molar-refractivity contribution in [2.24, 2.45) is 5.92 Å². The fraction of sp³-hybridized carbons (Fsp3) is 0.290. The Balaban J connectivity index is 1.71.